The zero-order valence-corrected chi connectivity index (χ0v) is 11.3. The van der Waals surface area contributed by atoms with Crippen LogP contribution in [0.4, 0.5) is 0 Å². The molecule has 0 aliphatic heterocycles. The molecule has 0 fully saturated rings. The summed E-state index contributed by atoms with van der Waals surface area (Å²) in [4.78, 5) is 14.2. The smallest absolute Gasteiger partial charge is 0.160 e. The van der Waals surface area contributed by atoms with Gasteiger partial charge in [-0.1, -0.05) is 13.8 Å². The Hall–Kier alpha value is -1.62. The summed E-state index contributed by atoms with van der Waals surface area (Å²) in [6.45, 7) is 10.6. The lowest BCUT2D eigenvalue weighted by Gasteiger charge is -2.18. The molecular formula is C13H21N5. The van der Waals surface area contributed by atoms with E-state index in [9.17, 15) is 0 Å². The van der Waals surface area contributed by atoms with Crippen LogP contribution in [0.2, 0.25) is 0 Å². The van der Waals surface area contributed by atoms with Crippen molar-refractivity contribution < 1.29 is 0 Å². The van der Waals surface area contributed by atoms with E-state index in [1.807, 2.05) is 19.3 Å². The average Bonchev–Trinajstić information content (AvgIpc) is 2.99. The molecule has 2 rings (SSSR count). The number of aromatic amines is 1. The Kier molecular flexibility index (Phi) is 4.15. The van der Waals surface area contributed by atoms with Crippen molar-refractivity contribution >= 4 is 0 Å². The molecule has 0 aliphatic carbocycles. The number of aromatic nitrogens is 4. The van der Waals surface area contributed by atoms with Gasteiger partial charge in [0.15, 0.2) is 5.82 Å². The summed E-state index contributed by atoms with van der Waals surface area (Å²) in [5.74, 6) is 0.945. The minimum atomic E-state index is 0.944. The minimum Gasteiger partial charge on any atom is -0.348 e. The summed E-state index contributed by atoms with van der Waals surface area (Å²) >= 11 is 0. The fourth-order valence-electron chi connectivity index (χ4n) is 2.08. The first-order chi connectivity index (χ1) is 8.76. The molecule has 2 aromatic rings. The molecule has 0 unspecified atom stereocenters. The molecule has 5 heteroatoms. The second-order valence-electron chi connectivity index (χ2n) is 4.35. The number of nitrogens with one attached hydrogen (secondary N) is 1. The predicted octanol–water partition coefficient (Wildman–Crippen LogP) is 1.92. The lowest BCUT2D eigenvalue weighted by atomic mass is 10.3. The zero-order valence-electron chi connectivity index (χ0n) is 11.3. The molecule has 0 bridgehead atoms. The van der Waals surface area contributed by atoms with Gasteiger partial charge in [0.1, 0.15) is 5.69 Å². The van der Waals surface area contributed by atoms with Crippen LogP contribution >= 0.6 is 0 Å². The van der Waals surface area contributed by atoms with Gasteiger partial charge in [0, 0.05) is 31.2 Å². The summed E-state index contributed by atoms with van der Waals surface area (Å²) in [7, 11) is 0. The third kappa shape index (κ3) is 2.61. The Bertz CT molecular complexity index is 481. The van der Waals surface area contributed by atoms with E-state index in [1.165, 1.54) is 0 Å². The highest BCUT2D eigenvalue weighted by Crippen LogP contribution is 2.17. The van der Waals surface area contributed by atoms with E-state index in [1.54, 1.807) is 6.33 Å². The summed E-state index contributed by atoms with van der Waals surface area (Å²) in [5.41, 5.74) is 2.00. The van der Waals surface area contributed by atoms with Crippen molar-refractivity contribution in [3.05, 3.63) is 24.4 Å². The topological polar surface area (TPSA) is 49.7 Å². The van der Waals surface area contributed by atoms with Gasteiger partial charge in [0.25, 0.3) is 0 Å². The highest BCUT2D eigenvalue weighted by atomic mass is 15.2. The molecule has 18 heavy (non-hydrogen) atoms. The first-order valence-electron chi connectivity index (χ1n) is 6.50. The van der Waals surface area contributed by atoms with Crippen molar-refractivity contribution in [3.8, 4) is 11.5 Å². The molecule has 2 aromatic heterocycles. The molecule has 5 nitrogen and oxygen atoms in total. The standard InChI is InChI=1S/C13H21N5/c1-4-17(5-2)8-9-18-7-6-14-13(18)12-11(3)15-10-16-12/h6-7,10H,4-5,8-9H2,1-3H3,(H,15,16). The highest BCUT2D eigenvalue weighted by molar-refractivity contribution is 5.52. The normalized spacial score (nSPS) is 11.3. The predicted molar refractivity (Wildman–Crippen MR) is 72.3 cm³/mol. The van der Waals surface area contributed by atoms with E-state index < -0.39 is 0 Å². The Morgan fingerprint density at radius 2 is 2.06 bits per heavy atom. The maximum absolute atomic E-state index is 4.41. The highest BCUT2D eigenvalue weighted by Gasteiger charge is 2.11. The van der Waals surface area contributed by atoms with Crippen molar-refractivity contribution in [3.63, 3.8) is 0 Å². The van der Waals surface area contributed by atoms with E-state index >= 15 is 0 Å². The zero-order chi connectivity index (χ0) is 13.0. The average molecular weight is 247 g/mol. The molecule has 0 atom stereocenters. The van der Waals surface area contributed by atoms with Crippen molar-refractivity contribution in [2.45, 2.75) is 27.3 Å². The van der Waals surface area contributed by atoms with Gasteiger partial charge in [-0.3, -0.25) is 0 Å². The van der Waals surface area contributed by atoms with E-state index in [0.717, 1.165) is 43.4 Å². The number of likely N-dealkylation sites (N-methyl/N-ethyl adjacent to an activating group) is 1. The van der Waals surface area contributed by atoms with Crippen LogP contribution in [0.1, 0.15) is 19.5 Å². The molecule has 0 aromatic carbocycles. The Balaban J connectivity index is 2.11. The molecule has 0 radical (unpaired) electrons. The lowest BCUT2D eigenvalue weighted by Crippen LogP contribution is -2.27. The Labute approximate surface area is 108 Å². The van der Waals surface area contributed by atoms with Gasteiger partial charge in [-0.25, -0.2) is 9.97 Å². The fourth-order valence-corrected chi connectivity index (χ4v) is 2.08. The number of nitrogens with zero attached hydrogens (tertiary/aromatic N) is 4. The first-order valence-corrected chi connectivity index (χ1v) is 6.50. The summed E-state index contributed by atoms with van der Waals surface area (Å²) in [6.07, 6.45) is 5.58. The molecule has 0 saturated carbocycles. The van der Waals surface area contributed by atoms with Crippen LogP contribution in [0.15, 0.2) is 18.7 Å². The molecule has 2 heterocycles. The number of hydrogen-bond acceptors (Lipinski definition) is 3. The van der Waals surface area contributed by atoms with Gasteiger partial charge in [-0.15, -0.1) is 0 Å². The van der Waals surface area contributed by atoms with Crippen molar-refractivity contribution in [1.82, 2.24) is 24.4 Å². The van der Waals surface area contributed by atoms with Crippen LogP contribution in [0.25, 0.3) is 11.5 Å². The van der Waals surface area contributed by atoms with Crippen LogP contribution in [0.5, 0.6) is 0 Å². The molecule has 1 N–H and O–H groups in total. The molecule has 0 spiro atoms. The van der Waals surface area contributed by atoms with Crippen molar-refractivity contribution in [2.24, 2.45) is 0 Å². The van der Waals surface area contributed by atoms with E-state index in [0.29, 0.717) is 0 Å². The van der Waals surface area contributed by atoms with Gasteiger partial charge >= 0.3 is 0 Å². The number of rotatable bonds is 6. The maximum Gasteiger partial charge on any atom is 0.160 e. The van der Waals surface area contributed by atoms with Crippen LogP contribution < -0.4 is 0 Å². The van der Waals surface area contributed by atoms with Crippen molar-refractivity contribution in [2.75, 3.05) is 19.6 Å². The summed E-state index contributed by atoms with van der Waals surface area (Å²) in [6, 6.07) is 0. The van der Waals surface area contributed by atoms with Crippen LogP contribution in [0, 0.1) is 6.92 Å². The van der Waals surface area contributed by atoms with Gasteiger partial charge in [-0.05, 0) is 20.0 Å². The molecular weight excluding hydrogens is 226 g/mol. The van der Waals surface area contributed by atoms with Gasteiger partial charge in [0.2, 0.25) is 0 Å². The van der Waals surface area contributed by atoms with Gasteiger partial charge < -0.3 is 14.5 Å². The Morgan fingerprint density at radius 1 is 1.28 bits per heavy atom. The largest absolute Gasteiger partial charge is 0.348 e. The minimum absolute atomic E-state index is 0.944. The van der Waals surface area contributed by atoms with Crippen molar-refractivity contribution in [1.29, 1.82) is 0 Å². The number of aryl methyl sites for hydroxylation is 1. The second-order valence-corrected chi connectivity index (χ2v) is 4.35. The Morgan fingerprint density at radius 3 is 2.67 bits per heavy atom. The third-order valence-electron chi connectivity index (χ3n) is 3.31. The fraction of sp³-hybridized carbons (Fsp3) is 0.538. The molecule has 0 saturated heterocycles. The molecule has 0 aliphatic rings. The van der Waals surface area contributed by atoms with Gasteiger partial charge in [0.05, 0.1) is 6.33 Å². The SMILES string of the molecule is CCN(CC)CCn1ccnc1-c1nc[nH]c1C. The number of H-pyrrole nitrogens is 1. The summed E-state index contributed by atoms with van der Waals surface area (Å²) < 4.78 is 2.17. The number of hydrogen-bond donors (Lipinski definition) is 1. The molecule has 98 valence electrons. The van der Waals surface area contributed by atoms with Crippen LogP contribution in [0.3, 0.4) is 0 Å². The molecule has 0 amide bonds. The van der Waals surface area contributed by atoms with E-state index in [-0.39, 0.29) is 0 Å². The number of imidazole rings is 2. The summed E-state index contributed by atoms with van der Waals surface area (Å²) in [5, 5.41) is 0. The third-order valence-corrected chi connectivity index (χ3v) is 3.31. The lowest BCUT2D eigenvalue weighted by molar-refractivity contribution is 0.291. The van der Waals surface area contributed by atoms with E-state index in [2.05, 4.69) is 38.3 Å². The van der Waals surface area contributed by atoms with Gasteiger partial charge in [-0.2, -0.15) is 0 Å². The van der Waals surface area contributed by atoms with Crippen LogP contribution in [-0.2, 0) is 6.54 Å². The quantitative estimate of drug-likeness (QED) is 0.848. The maximum atomic E-state index is 4.41. The second kappa shape index (κ2) is 5.82. The van der Waals surface area contributed by atoms with E-state index in [4.69, 9.17) is 0 Å². The van der Waals surface area contributed by atoms with Crippen LogP contribution in [-0.4, -0.2) is 44.1 Å². The monoisotopic (exact) mass is 247 g/mol. The first kappa shape index (κ1) is 12.8.